The van der Waals surface area contributed by atoms with Crippen molar-refractivity contribution in [3.05, 3.63) is 35.4 Å². The Bertz CT molecular complexity index is 509. The molecule has 1 heterocycles. The molecular formula is C16H21NO4. The lowest BCUT2D eigenvalue weighted by Gasteiger charge is -2.20. The fourth-order valence-corrected chi connectivity index (χ4v) is 2.50. The van der Waals surface area contributed by atoms with Crippen LogP contribution in [0.25, 0.3) is 0 Å². The number of hydrogen-bond acceptors (Lipinski definition) is 4. The Kier molecular flexibility index (Phi) is 5.33. The van der Waals surface area contributed by atoms with Crippen LogP contribution in [-0.2, 0) is 20.7 Å². The molecule has 0 saturated carbocycles. The Balaban J connectivity index is 2.06. The van der Waals surface area contributed by atoms with E-state index < -0.39 is 0 Å². The Morgan fingerprint density at radius 1 is 1.43 bits per heavy atom. The van der Waals surface area contributed by atoms with Crippen molar-refractivity contribution in [3.63, 3.8) is 0 Å². The summed E-state index contributed by atoms with van der Waals surface area (Å²) in [6.07, 6.45) is 2.16. The van der Waals surface area contributed by atoms with Crippen LogP contribution in [0, 0.1) is 0 Å². The third-order valence-corrected chi connectivity index (χ3v) is 3.71. The summed E-state index contributed by atoms with van der Waals surface area (Å²) in [6.45, 7) is 2.70. The monoisotopic (exact) mass is 291 g/mol. The van der Waals surface area contributed by atoms with Crippen LogP contribution in [-0.4, -0.2) is 37.7 Å². The number of ether oxygens (including phenoxy) is 2. The van der Waals surface area contributed by atoms with E-state index in [2.05, 4.69) is 10.1 Å². The summed E-state index contributed by atoms with van der Waals surface area (Å²) in [7, 11) is 1.34. The topological polar surface area (TPSA) is 64.6 Å². The highest BCUT2D eigenvalue weighted by molar-refractivity contribution is 5.96. The van der Waals surface area contributed by atoms with E-state index in [0.717, 1.165) is 19.4 Å². The van der Waals surface area contributed by atoms with E-state index in [1.165, 1.54) is 7.11 Å². The summed E-state index contributed by atoms with van der Waals surface area (Å²) in [5, 5.41) is 2.95. The highest BCUT2D eigenvalue weighted by atomic mass is 16.5. The lowest BCUT2D eigenvalue weighted by Crippen LogP contribution is -2.41. The van der Waals surface area contributed by atoms with Gasteiger partial charge in [-0.3, -0.25) is 9.59 Å². The first-order valence-electron chi connectivity index (χ1n) is 7.19. The molecule has 1 N–H and O–H groups in total. The predicted octanol–water partition coefficient (Wildman–Crippen LogP) is 1.70. The zero-order valence-corrected chi connectivity index (χ0v) is 12.4. The van der Waals surface area contributed by atoms with E-state index in [-0.39, 0.29) is 30.4 Å². The molecule has 0 unspecified atom stereocenters. The van der Waals surface area contributed by atoms with Gasteiger partial charge in [-0.2, -0.15) is 0 Å². The van der Waals surface area contributed by atoms with Crippen LogP contribution >= 0.6 is 0 Å². The van der Waals surface area contributed by atoms with Gasteiger partial charge in [0.2, 0.25) is 0 Å². The van der Waals surface area contributed by atoms with Gasteiger partial charge in [0, 0.05) is 12.2 Å². The van der Waals surface area contributed by atoms with Crippen LogP contribution in [0.1, 0.15) is 35.7 Å². The van der Waals surface area contributed by atoms with E-state index in [9.17, 15) is 9.59 Å². The zero-order chi connectivity index (χ0) is 15.2. The van der Waals surface area contributed by atoms with E-state index in [1.807, 2.05) is 6.92 Å². The number of benzene rings is 1. The second kappa shape index (κ2) is 7.22. The molecule has 0 bridgehead atoms. The molecule has 2 atom stereocenters. The number of esters is 1. The van der Waals surface area contributed by atoms with Crippen LogP contribution in [0.15, 0.2) is 24.3 Å². The second-order valence-corrected chi connectivity index (χ2v) is 5.22. The van der Waals surface area contributed by atoms with E-state index in [1.54, 1.807) is 24.3 Å². The maximum Gasteiger partial charge on any atom is 0.310 e. The quantitative estimate of drug-likeness (QED) is 0.839. The van der Waals surface area contributed by atoms with Crippen molar-refractivity contribution in [2.24, 2.45) is 0 Å². The predicted molar refractivity (Wildman–Crippen MR) is 78.1 cm³/mol. The number of carbonyl (C=O) groups excluding carboxylic acids is 2. The summed E-state index contributed by atoms with van der Waals surface area (Å²) < 4.78 is 10.2. The van der Waals surface area contributed by atoms with Crippen molar-refractivity contribution in [1.82, 2.24) is 5.32 Å². The molecule has 5 heteroatoms. The van der Waals surface area contributed by atoms with Gasteiger partial charge >= 0.3 is 5.97 Å². The first-order valence-corrected chi connectivity index (χ1v) is 7.19. The first-order chi connectivity index (χ1) is 10.1. The largest absolute Gasteiger partial charge is 0.469 e. The SMILES string of the molecule is COC(=O)Cc1ccccc1C(=O)N[C@@H](C)[C@@H]1CCCO1. The molecule has 0 aromatic heterocycles. The Morgan fingerprint density at radius 3 is 2.86 bits per heavy atom. The lowest BCUT2D eigenvalue weighted by molar-refractivity contribution is -0.139. The van der Waals surface area contributed by atoms with Gasteiger partial charge in [0.25, 0.3) is 5.91 Å². The Labute approximate surface area is 124 Å². The summed E-state index contributed by atoms with van der Waals surface area (Å²) in [5.74, 6) is -0.542. The molecule has 1 aliphatic rings. The van der Waals surface area contributed by atoms with Gasteiger partial charge in [0.1, 0.15) is 0 Å². The van der Waals surface area contributed by atoms with Gasteiger partial charge in [-0.1, -0.05) is 18.2 Å². The van der Waals surface area contributed by atoms with Crippen molar-refractivity contribution in [1.29, 1.82) is 0 Å². The first kappa shape index (κ1) is 15.5. The highest BCUT2D eigenvalue weighted by Crippen LogP contribution is 2.16. The molecule has 21 heavy (non-hydrogen) atoms. The van der Waals surface area contributed by atoms with Crippen molar-refractivity contribution in [2.45, 2.75) is 38.3 Å². The van der Waals surface area contributed by atoms with Crippen LogP contribution in [0.4, 0.5) is 0 Å². The summed E-state index contributed by atoms with van der Waals surface area (Å²) in [6, 6.07) is 7.02. The van der Waals surface area contributed by atoms with E-state index in [4.69, 9.17) is 4.74 Å². The zero-order valence-electron chi connectivity index (χ0n) is 12.4. The average Bonchev–Trinajstić information content (AvgIpc) is 3.01. The van der Waals surface area contributed by atoms with Gasteiger partial charge < -0.3 is 14.8 Å². The van der Waals surface area contributed by atoms with Crippen LogP contribution in [0.2, 0.25) is 0 Å². The molecule has 0 spiro atoms. The van der Waals surface area contributed by atoms with E-state index in [0.29, 0.717) is 11.1 Å². The standard InChI is InChI=1S/C16H21NO4/c1-11(14-8-5-9-21-14)17-16(19)13-7-4-3-6-12(13)10-15(18)20-2/h3-4,6-7,11,14H,5,8-10H2,1-2H3,(H,17,19)/t11-,14-/m0/s1. The molecule has 0 aliphatic carbocycles. The van der Waals surface area contributed by atoms with Crippen molar-refractivity contribution in [2.75, 3.05) is 13.7 Å². The number of rotatable bonds is 5. The maximum absolute atomic E-state index is 12.4. The fraction of sp³-hybridized carbons (Fsp3) is 0.500. The van der Waals surface area contributed by atoms with Crippen LogP contribution < -0.4 is 5.32 Å². The van der Waals surface area contributed by atoms with Gasteiger partial charge in [-0.25, -0.2) is 0 Å². The van der Waals surface area contributed by atoms with Crippen LogP contribution in [0.3, 0.4) is 0 Å². The molecular weight excluding hydrogens is 270 g/mol. The molecule has 1 aliphatic heterocycles. The second-order valence-electron chi connectivity index (χ2n) is 5.22. The Hall–Kier alpha value is -1.88. The third-order valence-electron chi connectivity index (χ3n) is 3.71. The molecule has 5 nitrogen and oxygen atoms in total. The van der Waals surface area contributed by atoms with Gasteiger partial charge in [0.15, 0.2) is 0 Å². The number of hydrogen-bond donors (Lipinski definition) is 1. The number of amides is 1. The van der Waals surface area contributed by atoms with E-state index >= 15 is 0 Å². The number of carbonyl (C=O) groups is 2. The minimum absolute atomic E-state index is 0.0498. The normalized spacial score (nSPS) is 19.0. The maximum atomic E-state index is 12.4. The van der Waals surface area contributed by atoms with Crippen molar-refractivity contribution >= 4 is 11.9 Å². The van der Waals surface area contributed by atoms with Gasteiger partial charge in [-0.05, 0) is 31.4 Å². The number of methoxy groups -OCH3 is 1. The van der Waals surface area contributed by atoms with Crippen molar-refractivity contribution in [3.8, 4) is 0 Å². The van der Waals surface area contributed by atoms with Crippen LogP contribution in [0.5, 0.6) is 0 Å². The average molecular weight is 291 g/mol. The van der Waals surface area contributed by atoms with Crippen molar-refractivity contribution < 1.29 is 19.1 Å². The molecule has 1 aromatic rings. The molecule has 0 radical (unpaired) electrons. The third kappa shape index (κ3) is 4.04. The molecule has 114 valence electrons. The minimum Gasteiger partial charge on any atom is -0.469 e. The fourth-order valence-electron chi connectivity index (χ4n) is 2.50. The van der Waals surface area contributed by atoms with Gasteiger partial charge in [0.05, 0.1) is 25.7 Å². The molecule has 1 saturated heterocycles. The minimum atomic E-state index is -0.359. The Morgan fingerprint density at radius 2 is 2.19 bits per heavy atom. The number of nitrogens with one attached hydrogen (secondary N) is 1. The molecule has 1 amide bonds. The summed E-state index contributed by atoms with van der Waals surface area (Å²) in [5.41, 5.74) is 1.18. The smallest absolute Gasteiger partial charge is 0.310 e. The molecule has 1 fully saturated rings. The molecule has 1 aromatic carbocycles. The summed E-state index contributed by atoms with van der Waals surface area (Å²) >= 11 is 0. The highest BCUT2D eigenvalue weighted by Gasteiger charge is 2.24. The van der Waals surface area contributed by atoms with Gasteiger partial charge in [-0.15, -0.1) is 0 Å². The summed E-state index contributed by atoms with van der Waals surface area (Å²) in [4.78, 5) is 23.8. The molecule has 2 rings (SSSR count). The lowest BCUT2D eigenvalue weighted by atomic mass is 10.0.